The molecule has 3 rings (SSSR count). The number of ether oxygens (including phenoxy) is 1. The molecule has 2 aliphatic rings. The molecule has 3 heteroatoms. The van der Waals surface area contributed by atoms with Crippen LogP contribution in [0.3, 0.4) is 0 Å². The fourth-order valence-corrected chi connectivity index (χ4v) is 4.03. The van der Waals surface area contributed by atoms with Crippen LogP contribution < -0.4 is 10.1 Å². The molecule has 0 saturated heterocycles. The Balaban J connectivity index is 1.55. The van der Waals surface area contributed by atoms with Crippen molar-refractivity contribution in [2.75, 3.05) is 6.61 Å². The van der Waals surface area contributed by atoms with Crippen LogP contribution in [0, 0.1) is 11.8 Å². The highest BCUT2D eigenvalue weighted by Gasteiger charge is 2.40. The number of rotatable bonds is 4. The Kier molecular flexibility index (Phi) is 4.16. The van der Waals surface area contributed by atoms with E-state index in [1.807, 2.05) is 18.2 Å². The van der Waals surface area contributed by atoms with Gasteiger partial charge in [-0.2, -0.15) is 0 Å². The molecular formula is C19H27NO2. The molecule has 1 aromatic rings. The summed E-state index contributed by atoms with van der Waals surface area (Å²) in [6, 6.07) is 8.38. The zero-order valence-corrected chi connectivity index (χ0v) is 13.9. The molecule has 1 aromatic carbocycles. The van der Waals surface area contributed by atoms with Crippen LogP contribution >= 0.6 is 0 Å². The number of amides is 1. The minimum Gasteiger partial charge on any atom is -0.483 e. The Morgan fingerprint density at radius 3 is 2.64 bits per heavy atom. The molecule has 120 valence electrons. The van der Waals surface area contributed by atoms with Crippen LogP contribution in [0.4, 0.5) is 0 Å². The summed E-state index contributed by atoms with van der Waals surface area (Å²) in [5, 5.41) is 3.17. The average molecular weight is 301 g/mol. The first-order valence-corrected chi connectivity index (χ1v) is 8.45. The summed E-state index contributed by atoms with van der Waals surface area (Å²) in [4.78, 5) is 12.2. The Labute approximate surface area is 133 Å². The van der Waals surface area contributed by atoms with Gasteiger partial charge in [-0.15, -0.1) is 0 Å². The monoisotopic (exact) mass is 301 g/mol. The van der Waals surface area contributed by atoms with Gasteiger partial charge >= 0.3 is 0 Å². The smallest absolute Gasteiger partial charge is 0.258 e. The summed E-state index contributed by atoms with van der Waals surface area (Å²) in [6.07, 6.45) is 5.10. The summed E-state index contributed by atoms with van der Waals surface area (Å²) in [6.45, 7) is 6.58. The highest BCUT2D eigenvalue weighted by atomic mass is 16.5. The second kappa shape index (κ2) is 5.94. The lowest BCUT2D eigenvalue weighted by molar-refractivity contribution is -0.124. The van der Waals surface area contributed by atoms with Gasteiger partial charge in [-0.05, 0) is 48.1 Å². The van der Waals surface area contributed by atoms with E-state index in [0.717, 1.165) is 23.7 Å². The lowest BCUT2D eigenvalue weighted by Gasteiger charge is -2.24. The topological polar surface area (TPSA) is 38.3 Å². The largest absolute Gasteiger partial charge is 0.483 e. The second-order valence-electron chi connectivity index (χ2n) is 7.88. The van der Waals surface area contributed by atoms with E-state index >= 15 is 0 Å². The van der Waals surface area contributed by atoms with Crippen LogP contribution in [-0.2, 0) is 10.2 Å². The van der Waals surface area contributed by atoms with Crippen LogP contribution in [-0.4, -0.2) is 18.6 Å². The molecule has 2 saturated carbocycles. The fraction of sp³-hybridized carbons (Fsp3) is 0.632. The summed E-state index contributed by atoms with van der Waals surface area (Å²) >= 11 is 0. The molecule has 2 aliphatic carbocycles. The Hall–Kier alpha value is -1.51. The van der Waals surface area contributed by atoms with Crippen LogP contribution in [0.2, 0.25) is 0 Å². The summed E-state index contributed by atoms with van der Waals surface area (Å²) in [7, 11) is 0. The Morgan fingerprint density at radius 2 is 2.00 bits per heavy atom. The molecule has 0 radical (unpaired) electrons. The third-order valence-electron chi connectivity index (χ3n) is 5.14. The quantitative estimate of drug-likeness (QED) is 0.921. The molecule has 3 atom stereocenters. The van der Waals surface area contributed by atoms with Gasteiger partial charge in [0.05, 0.1) is 0 Å². The summed E-state index contributed by atoms with van der Waals surface area (Å²) in [5.74, 6) is 2.38. The van der Waals surface area contributed by atoms with Crippen molar-refractivity contribution < 1.29 is 9.53 Å². The molecule has 0 unspecified atom stereocenters. The normalized spacial score (nSPS) is 27.0. The second-order valence-corrected chi connectivity index (χ2v) is 7.88. The number of hydrogen-bond donors (Lipinski definition) is 1. The number of hydrogen-bond acceptors (Lipinski definition) is 2. The van der Waals surface area contributed by atoms with Crippen molar-refractivity contribution in [1.82, 2.24) is 5.32 Å². The predicted molar refractivity (Wildman–Crippen MR) is 88.0 cm³/mol. The maximum absolute atomic E-state index is 12.2. The van der Waals surface area contributed by atoms with E-state index in [0.29, 0.717) is 12.0 Å². The van der Waals surface area contributed by atoms with Crippen molar-refractivity contribution in [2.24, 2.45) is 11.8 Å². The molecule has 3 nitrogen and oxygen atoms in total. The van der Waals surface area contributed by atoms with Crippen molar-refractivity contribution in [3.63, 3.8) is 0 Å². The van der Waals surface area contributed by atoms with E-state index in [1.165, 1.54) is 19.3 Å². The number of fused-ring (bicyclic) bond motifs is 2. The molecule has 2 fully saturated rings. The summed E-state index contributed by atoms with van der Waals surface area (Å²) < 4.78 is 5.80. The molecule has 0 aromatic heterocycles. The van der Waals surface area contributed by atoms with E-state index in [4.69, 9.17) is 4.74 Å². The van der Waals surface area contributed by atoms with Gasteiger partial charge in [-0.25, -0.2) is 0 Å². The van der Waals surface area contributed by atoms with Crippen LogP contribution in [0.25, 0.3) is 0 Å². The van der Waals surface area contributed by atoms with Gasteiger partial charge in [0.2, 0.25) is 0 Å². The number of carbonyl (C=O) groups is 1. The molecule has 2 bridgehead atoms. The van der Waals surface area contributed by atoms with E-state index in [1.54, 1.807) is 0 Å². The average Bonchev–Trinajstić information content (AvgIpc) is 3.07. The zero-order valence-electron chi connectivity index (χ0n) is 13.9. The highest BCUT2D eigenvalue weighted by molar-refractivity contribution is 5.78. The van der Waals surface area contributed by atoms with Gasteiger partial charge in [0.15, 0.2) is 6.61 Å². The Bertz CT molecular complexity index is 547. The maximum atomic E-state index is 12.2. The van der Waals surface area contributed by atoms with Gasteiger partial charge in [-0.1, -0.05) is 45.4 Å². The molecule has 0 aliphatic heterocycles. The third kappa shape index (κ3) is 3.29. The van der Waals surface area contributed by atoms with Gasteiger partial charge in [-0.3, -0.25) is 4.79 Å². The lowest BCUT2D eigenvalue weighted by atomic mass is 9.86. The van der Waals surface area contributed by atoms with E-state index in [-0.39, 0.29) is 17.9 Å². The first-order valence-electron chi connectivity index (χ1n) is 8.45. The first kappa shape index (κ1) is 15.4. The van der Waals surface area contributed by atoms with Crippen molar-refractivity contribution in [1.29, 1.82) is 0 Å². The number of benzene rings is 1. The number of para-hydroxylation sites is 1. The fourth-order valence-electron chi connectivity index (χ4n) is 4.03. The van der Waals surface area contributed by atoms with Crippen molar-refractivity contribution in [3.8, 4) is 5.75 Å². The zero-order chi connectivity index (χ0) is 15.7. The van der Waals surface area contributed by atoms with Gasteiger partial charge < -0.3 is 10.1 Å². The first-order chi connectivity index (χ1) is 10.4. The SMILES string of the molecule is CC(C)(C)c1ccccc1OCC(=O)N[C@@H]1C[C@H]2CC[C@H]1C2. The standard InChI is InChI=1S/C19H27NO2/c1-19(2,3)15-6-4-5-7-17(15)22-12-18(21)20-16-11-13-8-9-14(16)10-13/h4-7,13-14,16H,8-12H2,1-3H3,(H,20,21)/t13-,14-,16+/m0/s1. The molecule has 1 amide bonds. The predicted octanol–water partition coefficient (Wildman–Crippen LogP) is 3.67. The summed E-state index contributed by atoms with van der Waals surface area (Å²) in [5.41, 5.74) is 1.15. The Morgan fingerprint density at radius 1 is 1.23 bits per heavy atom. The third-order valence-corrected chi connectivity index (χ3v) is 5.14. The number of nitrogens with one attached hydrogen (secondary N) is 1. The van der Waals surface area contributed by atoms with Gasteiger partial charge in [0, 0.05) is 6.04 Å². The maximum Gasteiger partial charge on any atom is 0.258 e. The molecule has 22 heavy (non-hydrogen) atoms. The minimum atomic E-state index is 0.0116. The van der Waals surface area contributed by atoms with Gasteiger partial charge in [0.1, 0.15) is 5.75 Å². The van der Waals surface area contributed by atoms with Crippen molar-refractivity contribution >= 4 is 5.91 Å². The highest BCUT2D eigenvalue weighted by Crippen LogP contribution is 2.44. The minimum absolute atomic E-state index is 0.0116. The molecular weight excluding hydrogens is 274 g/mol. The van der Waals surface area contributed by atoms with Crippen LogP contribution in [0.15, 0.2) is 24.3 Å². The van der Waals surface area contributed by atoms with E-state index in [2.05, 4.69) is 32.2 Å². The number of carbonyl (C=O) groups excluding carboxylic acids is 1. The molecule has 0 spiro atoms. The van der Waals surface area contributed by atoms with Crippen molar-refractivity contribution in [3.05, 3.63) is 29.8 Å². The lowest BCUT2D eigenvalue weighted by Crippen LogP contribution is -2.41. The van der Waals surface area contributed by atoms with Crippen LogP contribution in [0.5, 0.6) is 5.75 Å². The molecule has 1 N–H and O–H groups in total. The van der Waals surface area contributed by atoms with E-state index < -0.39 is 0 Å². The van der Waals surface area contributed by atoms with Crippen LogP contribution in [0.1, 0.15) is 52.0 Å². The van der Waals surface area contributed by atoms with E-state index in [9.17, 15) is 4.79 Å². The van der Waals surface area contributed by atoms with Crippen molar-refractivity contribution in [2.45, 2.75) is 57.9 Å². The van der Waals surface area contributed by atoms with Gasteiger partial charge in [0.25, 0.3) is 5.91 Å². The molecule has 0 heterocycles.